The van der Waals surface area contributed by atoms with Crippen LogP contribution in [0, 0.1) is 18.3 Å². The van der Waals surface area contributed by atoms with Gasteiger partial charge in [0, 0.05) is 23.6 Å². The van der Waals surface area contributed by atoms with E-state index in [0.29, 0.717) is 0 Å². The maximum atomic E-state index is 9.61. The minimum atomic E-state index is -0.320. The summed E-state index contributed by atoms with van der Waals surface area (Å²) in [4.78, 5) is 9.05. The van der Waals surface area contributed by atoms with Crippen LogP contribution in [-0.4, -0.2) is 19.7 Å². The summed E-state index contributed by atoms with van der Waals surface area (Å²) in [7, 11) is 0. The van der Waals surface area contributed by atoms with Crippen molar-refractivity contribution in [1.82, 2.24) is 19.7 Å². The molecule has 0 amide bonds. The van der Waals surface area contributed by atoms with Gasteiger partial charge in [-0.05, 0) is 37.8 Å². The average Bonchev–Trinajstić information content (AvgIpc) is 2.97. The molecule has 0 atom stereocenters. The Kier molecular flexibility index (Phi) is 3.34. The van der Waals surface area contributed by atoms with Crippen molar-refractivity contribution in [2.45, 2.75) is 44.9 Å². The van der Waals surface area contributed by atoms with Crippen molar-refractivity contribution in [3.05, 3.63) is 47.5 Å². The summed E-state index contributed by atoms with van der Waals surface area (Å²) >= 11 is 0. The van der Waals surface area contributed by atoms with Gasteiger partial charge in [-0.15, -0.1) is 0 Å². The molecule has 2 heterocycles. The molecule has 5 nitrogen and oxygen atoms in total. The highest BCUT2D eigenvalue weighted by molar-refractivity contribution is 5.81. The van der Waals surface area contributed by atoms with E-state index in [0.717, 1.165) is 59.5 Å². The van der Waals surface area contributed by atoms with Crippen molar-refractivity contribution in [3.63, 3.8) is 0 Å². The Balaban J connectivity index is 1.88. The third kappa shape index (κ3) is 2.18. The molecule has 1 fully saturated rings. The summed E-state index contributed by atoms with van der Waals surface area (Å²) < 4.78 is 1.86. The quantitative estimate of drug-likeness (QED) is 0.739. The van der Waals surface area contributed by atoms with Crippen LogP contribution in [-0.2, 0) is 11.8 Å². The third-order valence-corrected chi connectivity index (χ3v) is 4.96. The smallest absolute Gasteiger partial charge is 0.157 e. The van der Waals surface area contributed by atoms with Crippen molar-refractivity contribution in [2.24, 2.45) is 0 Å². The van der Waals surface area contributed by atoms with Gasteiger partial charge in [0.15, 0.2) is 5.82 Å². The molecule has 0 N–H and O–H groups in total. The fourth-order valence-electron chi connectivity index (χ4n) is 3.37. The van der Waals surface area contributed by atoms with E-state index in [4.69, 9.17) is 0 Å². The van der Waals surface area contributed by atoms with Crippen LogP contribution in [0.2, 0.25) is 0 Å². The highest BCUT2D eigenvalue weighted by Crippen LogP contribution is 2.43. The van der Waals surface area contributed by atoms with Gasteiger partial charge < -0.3 is 0 Å². The maximum Gasteiger partial charge on any atom is 0.157 e. The van der Waals surface area contributed by atoms with Crippen LogP contribution in [0.25, 0.3) is 16.7 Å². The zero-order valence-electron chi connectivity index (χ0n) is 14.0. The van der Waals surface area contributed by atoms with Crippen LogP contribution < -0.4 is 0 Å². The van der Waals surface area contributed by atoms with E-state index in [1.807, 2.05) is 30.8 Å². The molecule has 5 heteroatoms. The van der Waals surface area contributed by atoms with E-state index in [9.17, 15) is 5.26 Å². The first-order valence-corrected chi connectivity index (χ1v) is 8.40. The number of hydrogen-bond donors (Lipinski definition) is 0. The zero-order chi connectivity index (χ0) is 16.7. The van der Waals surface area contributed by atoms with E-state index in [1.54, 1.807) is 0 Å². The number of benzene rings is 1. The molecule has 120 valence electrons. The Bertz CT molecular complexity index is 960. The Morgan fingerprint density at radius 1 is 1.25 bits per heavy atom. The average molecular weight is 317 g/mol. The highest BCUT2D eigenvalue weighted by Gasteiger charge is 2.39. The summed E-state index contributed by atoms with van der Waals surface area (Å²) in [5, 5.41) is 15.2. The summed E-state index contributed by atoms with van der Waals surface area (Å²) in [5.41, 5.74) is 2.70. The second kappa shape index (κ2) is 5.41. The van der Waals surface area contributed by atoms with Gasteiger partial charge in [-0.25, -0.2) is 14.6 Å². The normalized spacial score (nSPS) is 15.9. The molecule has 2 aromatic heterocycles. The molecule has 4 rings (SSSR count). The fourth-order valence-corrected chi connectivity index (χ4v) is 3.37. The lowest BCUT2D eigenvalue weighted by atomic mass is 9.65. The Morgan fingerprint density at radius 3 is 2.75 bits per heavy atom. The van der Waals surface area contributed by atoms with Gasteiger partial charge in [-0.1, -0.05) is 19.1 Å². The fraction of sp³-hybridized carbons (Fsp3) is 0.368. The van der Waals surface area contributed by atoms with Crippen molar-refractivity contribution in [2.75, 3.05) is 0 Å². The van der Waals surface area contributed by atoms with Crippen molar-refractivity contribution < 1.29 is 0 Å². The van der Waals surface area contributed by atoms with Crippen LogP contribution in [0.15, 0.2) is 30.5 Å². The van der Waals surface area contributed by atoms with E-state index >= 15 is 0 Å². The first-order chi connectivity index (χ1) is 11.6. The van der Waals surface area contributed by atoms with Gasteiger partial charge in [-0.3, -0.25) is 0 Å². The summed E-state index contributed by atoms with van der Waals surface area (Å²) in [5.74, 6) is 1.60. The summed E-state index contributed by atoms with van der Waals surface area (Å²) in [6.07, 6.45) is 5.64. The molecular weight excluding hydrogens is 298 g/mol. The number of aromatic nitrogens is 4. The first-order valence-electron chi connectivity index (χ1n) is 8.40. The van der Waals surface area contributed by atoms with Crippen molar-refractivity contribution >= 4 is 10.9 Å². The van der Waals surface area contributed by atoms with Gasteiger partial charge in [0.05, 0.1) is 23.2 Å². The molecule has 3 aromatic rings. The first kappa shape index (κ1) is 14.8. The van der Waals surface area contributed by atoms with Crippen LogP contribution in [0.3, 0.4) is 0 Å². The predicted molar refractivity (Wildman–Crippen MR) is 91.9 cm³/mol. The van der Waals surface area contributed by atoms with E-state index in [1.165, 1.54) is 0 Å². The van der Waals surface area contributed by atoms with Crippen LogP contribution in [0.4, 0.5) is 0 Å². The summed E-state index contributed by atoms with van der Waals surface area (Å²) in [6.45, 7) is 4.02. The molecule has 0 aliphatic heterocycles. The largest absolute Gasteiger partial charge is 0.238 e. The molecule has 0 radical (unpaired) electrons. The SMILES string of the molecule is CCc1nc(C)cc(-n2ncc3ccc(C4(C#N)CCC4)cc32)n1. The van der Waals surface area contributed by atoms with Gasteiger partial charge in [-0.2, -0.15) is 10.4 Å². The Hall–Kier alpha value is -2.74. The predicted octanol–water partition coefficient (Wildman–Crippen LogP) is 3.63. The molecular formula is C19H19N5. The van der Waals surface area contributed by atoms with E-state index in [-0.39, 0.29) is 5.41 Å². The lowest BCUT2D eigenvalue weighted by Crippen LogP contribution is -2.32. The molecule has 0 saturated heterocycles. The van der Waals surface area contributed by atoms with Crippen LogP contribution in [0.5, 0.6) is 0 Å². The molecule has 0 spiro atoms. The monoisotopic (exact) mass is 317 g/mol. The Labute approximate surface area is 141 Å². The number of fused-ring (bicyclic) bond motifs is 1. The molecule has 1 aliphatic carbocycles. The van der Waals surface area contributed by atoms with Crippen LogP contribution >= 0.6 is 0 Å². The van der Waals surface area contributed by atoms with Crippen molar-refractivity contribution in [1.29, 1.82) is 5.26 Å². The van der Waals surface area contributed by atoms with Gasteiger partial charge in [0.25, 0.3) is 0 Å². The maximum absolute atomic E-state index is 9.61. The number of rotatable bonds is 3. The molecule has 1 saturated carbocycles. The number of nitriles is 1. The zero-order valence-corrected chi connectivity index (χ0v) is 14.0. The standard InChI is InChI=1S/C19H19N5/c1-3-17-22-13(2)9-18(23-17)24-16-10-15(6-5-14(16)11-21-24)19(12-20)7-4-8-19/h5-6,9-11H,3-4,7-8H2,1-2H3. The Morgan fingerprint density at radius 2 is 2.08 bits per heavy atom. The number of nitrogens with zero attached hydrogens (tertiary/aromatic N) is 5. The second-order valence-electron chi connectivity index (χ2n) is 6.51. The minimum Gasteiger partial charge on any atom is -0.238 e. The number of aryl methyl sites for hydroxylation is 2. The van der Waals surface area contributed by atoms with E-state index in [2.05, 4.69) is 39.3 Å². The third-order valence-electron chi connectivity index (χ3n) is 4.96. The van der Waals surface area contributed by atoms with Gasteiger partial charge in [0.2, 0.25) is 0 Å². The van der Waals surface area contributed by atoms with Crippen LogP contribution in [0.1, 0.15) is 43.3 Å². The lowest BCUT2D eigenvalue weighted by molar-refractivity contribution is 0.324. The molecule has 0 bridgehead atoms. The minimum absolute atomic E-state index is 0.320. The molecule has 1 aliphatic rings. The topological polar surface area (TPSA) is 67.4 Å². The summed E-state index contributed by atoms with van der Waals surface area (Å²) in [6, 6.07) is 10.7. The molecule has 1 aromatic carbocycles. The molecule has 24 heavy (non-hydrogen) atoms. The number of hydrogen-bond acceptors (Lipinski definition) is 4. The van der Waals surface area contributed by atoms with Gasteiger partial charge >= 0.3 is 0 Å². The molecule has 0 unspecified atom stereocenters. The second-order valence-corrected chi connectivity index (χ2v) is 6.51. The van der Waals surface area contributed by atoms with Crippen molar-refractivity contribution in [3.8, 4) is 11.9 Å². The van der Waals surface area contributed by atoms with E-state index < -0.39 is 0 Å². The lowest BCUT2D eigenvalue weighted by Gasteiger charge is -2.35. The highest BCUT2D eigenvalue weighted by atomic mass is 15.3. The van der Waals surface area contributed by atoms with Gasteiger partial charge in [0.1, 0.15) is 5.82 Å².